The third kappa shape index (κ3) is 1.74. The number of nitrogens with zero attached hydrogens (tertiary/aromatic N) is 2. The van der Waals surface area contributed by atoms with E-state index in [9.17, 15) is 13.6 Å². The number of rotatable bonds is 2. The molecule has 2 aromatic rings. The average Bonchev–Trinajstić information content (AvgIpc) is 2.66. The molecule has 1 aromatic carbocycles. The summed E-state index contributed by atoms with van der Waals surface area (Å²) in [4.78, 5) is 10.2. The molecule has 0 aliphatic carbocycles. The molecule has 0 saturated carbocycles. The van der Waals surface area contributed by atoms with Gasteiger partial charge in [-0.15, -0.1) is 10.2 Å². The number of hydrogen-bond acceptors (Lipinski definition) is 4. The molecule has 4 nitrogen and oxygen atoms in total. The Morgan fingerprint density at radius 1 is 1.27 bits per heavy atom. The molecule has 0 atom stereocenters. The molecule has 6 heteroatoms. The van der Waals surface area contributed by atoms with Crippen LogP contribution >= 0.6 is 0 Å². The van der Waals surface area contributed by atoms with Crippen molar-refractivity contribution < 1.29 is 18.0 Å². The SMILES string of the molecule is O=Cc1nnc(-c2ccc(F)cc2F)o1. The van der Waals surface area contributed by atoms with Crippen molar-refractivity contribution in [2.24, 2.45) is 0 Å². The molecule has 2 rings (SSSR count). The monoisotopic (exact) mass is 210 g/mol. The van der Waals surface area contributed by atoms with Gasteiger partial charge in [0.15, 0.2) is 0 Å². The minimum Gasteiger partial charge on any atom is -0.414 e. The summed E-state index contributed by atoms with van der Waals surface area (Å²) in [6, 6.07) is 2.91. The highest BCUT2D eigenvalue weighted by Crippen LogP contribution is 2.21. The molecule has 0 unspecified atom stereocenters. The minimum absolute atomic E-state index is 0.0444. The molecule has 1 heterocycles. The molecule has 0 spiro atoms. The van der Waals surface area contributed by atoms with Crippen molar-refractivity contribution in [1.29, 1.82) is 0 Å². The Bertz CT molecular complexity index is 511. The van der Waals surface area contributed by atoms with Gasteiger partial charge in [-0.25, -0.2) is 8.78 Å². The van der Waals surface area contributed by atoms with Crippen molar-refractivity contribution in [3.05, 3.63) is 35.7 Å². The fraction of sp³-hybridized carbons (Fsp3) is 0. The Morgan fingerprint density at radius 2 is 2.07 bits per heavy atom. The molecule has 1 aromatic heterocycles. The van der Waals surface area contributed by atoms with E-state index in [1.807, 2.05) is 0 Å². The zero-order chi connectivity index (χ0) is 10.8. The number of carbonyl (C=O) groups excluding carboxylic acids is 1. The van der Waals surface area contributed by atoms with Crippen molar-refractivity contribution in [1.82, 2.24) is 10.2 Å². The number of hydrogen-bond donors (Lipinski definition) is 0. The highest BCUT2D eigenvalue weighted by atomic mass is 19.1. The van der Waals surface area contributed by atoms with Crippen LogP contribution in [-0.4, -0.2) is 16.5 Å². The highest BCUT2D eigenvalue weighted by Gasteiger charge is 2.12. The van der Waals surface area contributed by atoms with Crippen LogP contribution in [0.1, 0.15) is 10.7 Å². The largest absolute Gasteiger partial charge is 0.414 e. The zero-order valence-electron chi connectivity index (χ0n) is 7.28. The van der Waals surface area contributed by atoms with Crippen molar-refractivity contribution in [2.75, 3.05) is 0 Å². The summed E-state index contributed by atoms with van der Waals surface area (Å²) >= 11 is 0. The van der Waals surface area contributed by atoms with Gasteiger partial charge in [0.25, 0.3) is 11.8 Å². The summed E-state index contributed by atoms with van der Waals surface area (Å²) in [6.45, 7) is 0. The molecule has 15 heavy (non-hydrogen) atoms. The molecule has 0 radical (unpaired) electrons. The van der Waals surface area contributed by atoms with Crippen LogP contribution < -0.4 is 0 Å². The van der Waals surface area contributed by atoms with Crippen LogP contribution in [0, 0.1) is 11.6 Å². The Kier molecular flexibility index (Phi) is 2.24. The summed E-state index contributed by atoms with van der Waals surface area (Å²) < 4.78 is 30.6. The van der Waals surface area contributed by atoms with Gasteiger partial charge >= 0.3 is 0 Å². The van der Waals surface area contributed by atoms with Gasteiger partial charge in [-0.1, -0.05) is 0 Å². The number of carbonyl (C=O) groups is 1. The van der Waals surface area contributed by atoms with Gasteiger partial charge in [0.05, 0.1) is 5.56 Å². The first-order chi connectivity index (χ1) is 7.20. The van der Waals surface area contributed by atoms with Crippen LogP contribution in [0.5, 0.6) is 0 Å². The van der Waals surface area contributed by atoms with Crippen molar-refractivity contribution in [3.63, 3.8) is 0 Å². The lowest BCUT2D eigenvalue weighted by molar-refractivity contribution is 0.109. The normalized spacial score (nSPS) is 10.3. The minimum atomic E-state index is -0.823. The molecule has 0 aliphatic heterocycles. The fourth-order valence-corrected chi connectivity index (χ4v) is 1.05. The number of halogens is 2. The van der Waals surface area contributed by atoms with Gasteiger partial charge in [-0.2, -0.15) is 0 Å². The van der Waals surface area contributed by atoms with E-state index >= 15 is 0 Å². The Morgan fingerprint density at radius 3 is 2.67 bits per heavy atom. The second-order valence-corrected chi connectivity index (χ2v) is 2.69. The van der Waals surface area contributed by atoms with Crippen LogP contribution in [0.4, 0.5) is 8.78 Å². The van der Waals surface area contributed by atoms with Crippen LogP contribution in [-0.2, 0) is 0 Å². The average molecular weight is 210 g/mol. The third-order valence-corrected chi connectivity index (χ3v) is 1.70. The molecule has 0 fully saturated rings. The van der Waals surface area contributed by atoms with E-state index in [1.54, 1.807) is 0 Å². The number of aromatic nitrogens is 2. The summed E-state index contributed by atoms with van der Waals surface area (Å²) in [6.07, 6.45) is 0.345. The molecule has 0 aliphatic rings. The molecule has 0 N–H and O–H groups in total. The molecular weight excluding hydrogens is 206 g/mol. The second-order valence-electron chi connectivity index (χ2n) is 2.69. The Hall–Kier alpha value is -2.11. The lowest BCUT2D eigenvalue weighted by Gasteiger charge is -1.96. The fourth-order valence-electron chi connectivity index (χ4n) is 1.05. The van der Waals surface area contributed by atoms with Gasteiger partial charge in [0, 0.05) is 6.07 Å². The quantitative estimate of drug-likeness (QED) is 0.709. The van der Waals surface area contributed by atoms with Gasteiger partial charge < -0.3 is 4.42 Å². The smallest absolute Gasteiger partial charge is 0.280 e. The van der Waals surface area contributed by atoms with Gasteiger partial charge in [0.1, 0.15) is 11.6 Å². The Labute approximate surface area is 82.5 Å². The van der Waals surface area contributed by atoms with E-state index in [2.05, 4.69) is 10.2 Å². The standard InChI is InChI=1S/C9H4F2N2O2/c10-5-1-2-6(7(11)3-5)9-13-12-8(4-14)15-9/h1-4H. The molecule has 0 amide bonds. The van der Waals surface area contributed by atoms with Gasteiger partial charge in [0.2, 0.25) is 6.29 Å². The van der Waals surface area contributed by atoms with Crippen LogP contribution in [0.25, 0.3) is 11.5 Å². The van der Waals surface area contributed by atoms with Crippen LogP contribution in [0.15, 0.2) is 22.6 Å². The van der Waals surface area contributed by atoms with E-state index < -0.39 is 11.6 Å². The second kappa shape index (κ2) is 3.56. The lowest BCUT2D eigenvalue weighted by Crippen LogP contribution is -1.86. The summed E-state index contributed by atoms with van der Waals surface area (Å²) in [5, 5.41) is 6.77. The summed E-state index contributed by atoms with van der Waals surface area (Å²) in [7, 11) is 0. The van der Waals surface area contributed by atoms with E-state index in [-0.39, 0.29) is 17.3 Å². The van der Waals surface area contributed by atoms with Crippen molar-refractivity contribution >= 4 is 6.29 Å². The van der Waals surface area contributed by atoms with Crippen molar-refractivity contribution in [2.45, 2.75) is 0 Å². The third-order valence-electron chi connectivity index (χ3n) is 1.70. The van der Waals surface area contributed by atoms with Crippen LogP contribution in [0.2, 0.25) is 0 Å². The van der Waals surface area contributed by atoms with E-state index in [1.165, 1.54) is 0 Å². The first kappa shape index (κ1) is 9.45. The number of benzene rings is 1. The van der Waals surface area contributed by atoms with Crippen LogP contribution in [0.3, 0.4) is 0 Å². The van der Waals surface area contributed by atoms with Gasteiger partial charge in [-0.3, -0.25) is 4.79 Å². The predicted octanol–water partition coefficient (Wildman–Crippen LogP) is 1.83. The maximum Gasteiger partial charge on any atom is 0.280 e. The molecule has 76 valence electrons. The maximum absolute atomic E-state index is 13.2. The first-order valence-corrected chi connectivity index (χ1v) is 3.95. The van der Waals surface area contributed by atoms with Gasteiger partial charge in [-0.05, 0) is 12.1 Å². The lowest BCUT2D eigenvalue weighted by atomic mass is 10.2. The first-order valence-electron chi connectivity index (χ1n) is 3.95. The topological polar surface area (TPSA) is 56.0 Å². The maximum atomic E-state index is 13.2. The van der Waals surface area contributed by atoms with E-state index in [0.29, 0.717) is 12.4 Å². The Balaban J connectivity index is 2.49. The van der Waals surface area contributed by atoms with Crippen molar-refractivity contribution in [3.8, 4) is 11.5 Å². The van der Waals surface area contributed by atoms with E-state index in [4.69, 9.17) is 4.42 Å². The molecule has 0 bridgehead atoms. The highest BCUT2D eigenvalue weighted by molar-refractivity contribution is 5.68. The summed E-state index contributed by atoms with van der Waals surface area (Å²) in [5.74, 6) is -1.94. The predicted molar refractivity (Wildman–Crippen MR) is 45.0 cm³/mol. The van der Waals surface area contributed by atoms with E-state index in [0.717, 1.165) is 12.1 Å². The zero-order valence-corrected chi connectivity index (χ0v) is 7.28. The molecule has 0 saturated heterocycles. The number of aldehydes is 1. The molecular formula is C9H4F2N2O2. The summed E-state index contributed by atoms with van der Waals surface area (Å²) in [5.41, 5.74) is -0.0444.